The van der Waals surface area contributed by atoms with Crippen molar-refractivity contribution in [2.75, 3.05) is 13.2 Å². The number of carbonyl (C=O) groups excluding carboxylic acids is 3. The summed E-state index contributed by atoms with van der Waals surface area (Å²) in [5.41, 5.74) is 0. The van der Waals surface area contributed by atoms with Gasteiger partial charge in [-0.1, -0.05) is 281 Å². The van der Waals surface area contributed by atoms with Crippen molar-refractivity contribution >= 4 is 17.9 Å². The van der Waals surface area contributed by atoms with Crippen molar-refractivity contribution in [1.82, 2.24) is 0 Å². The van der Waals surface area contributed by atoms with Gasteiger partial charge in [-0.05, 0) is 135 Å². The van der Waals surface area contributed by atoms with E-state index in [0.717, 1.165) is 122 Å². The summed E-state index contributed by atoms with van der Waals surface area (Å²) in [6.07, 6.45) is 98.4. The third-order valence-corrected chi connectivity index (χ3v) is 13.5. The summed E-state index contributed by atoms with van der Waals surface area (Å²) in [7, 11) is 0. The molecule has 456 valence electrons. The number of rotatable bonds is 58. The summed E-state index contributed by atoms with van der Waals surface area (Å²) in [6.45, 7) is 6.33. The number of hydrogen-bond donors (Lipinski definition) is 0. The van der Waals surface area contributed by atoms with E-state index in [2.05, 4.69) is 173 Å². The van der Waals surface area contributed by atoms with Crippen molar-refractivity contribution in [3.63, 3.8) is 0 Å². The van der Waals surface area contributed by atoms with E-state index in [-0.39, 0.29) is 37.5 Å². The number of unbranched alkanes of at least 4 members (excludes halogenated alkanes) is 21. The van der Waals surface area contributed by atoms with E-state index in [1.54, 1.807) is 0 Å². The largest absolute Gasteiger partial charge is 0.462 e. The number of hydrogen-bond acceptors (Lipinski definition) is 6. The molecular formula is C75H120O6. The first kappa shape index (κ1) is 76.0. The van der Waals surface area contributed by atoms with Crippen molar-refractivity contribution in [3.8, 4) is 0 Å². The zero-order valence-electron chi connectivity index (χ0n) is 52.2. The Balaban J connectivity index is 4.34. The molecule has 1 unspecified atom stereocenters. The predicted molar refractivity (Wildman–Crippen MR) is 352 cm³/mol. The van der Waals surface area contributed by atoms with Gasteiger partial charge in [0, 0.05) is 19.3 Å². The molecule has 0 aromatic carbocycles. The van der Waals surface area contributed by atoms with Crippen LogP contribution in [0.3, 0.4) is 0 Å². The molecule has 6 heteroatoms. The van der Waals surface area contributed by atoms with Gasteiger partial charge in [-0.3, -0.25) is 14.4 Å². The Hall–Kier alpha value is -4.97. The van der Waals surface area contributed by atoms with Crippen molar-refractivity contribution < 1.29 is 28.6 Å². The lowest BCUT2D eigenvalue weighted by Crippen LogP contribution is -2.30. The Bertz CT molecular complexity index is 1810. The minimum absolute atomic E-state index is 0.111. The van der Waals surface area contributed by atoms with Crippen LogP contribution in [0.15, 0.2) is 158 Å². The Morgan fingerprint density at radius 2 is 0.506 bits per heavy atom. The van der Waals surface area contributed by atoms with Gasteiger partial charge in [0.05, 0.1) is 0 Å². The van der Waals surface area contributed by atoms with Crippen LogP contribution in [0.2, 0.25) is 0 Å². The molecule has 0 saturated carbocycles. The van der Waals surface area contributed by atoms with Gasteiger partial charge >= 0.3 is 17.9 Å². The maximum atomic E-state index is 12.9. The van der Waals surface area contributed by atoms with Crippen LogP contribution < -0.4 is 0 Å². The molecule has 0 aliphatic rings. The highest BCUT2D eigenvalue weighted by atomic mass is 16.6. The molecule has 6 nitrogen and oxygen atoms in total. The maximum absolute atomic E-state index is 12.9. The standard InChI is InChI=1S/C75H120O6/c1-4-7-10-13-16-19-22-25-27-29-30-31-32-33-34-35-36-37-38-39-40-41-42-43-44-46-47-50-53-56-59-62-65-68-74(77)80-71-72(70-79-73(76)67-64-61-58-55-52-49-24-21-18-15-12-9-6-3)81-75(78)69-66-63-60-57-54-51-48-45-28-26-23-20-17-14-11-8-5-2/h7,9-10,12,16,18-19,21,25-28,30-31,33-34,36-37,39-40,42-43,49,52,58,61,72H,4-6,8,11,13-15,17,20,22-24,29,32,35,38,41,44-48,50-51,53-57,59-60,62-71H2,1-3H3/b10-7-,12-9-,19-16-,21-18-,27-25-,28-26-,31-30-,34-33-,37-36-,40-39-,43-42-,52-49-,61-58-. The van der Waals surface area contributed by atoms with Gasteiger partial charge in [0.2, 0.25) is 0 Å². The lowest BCUT2D eigenvalue weighted by Gasteiger charge is -2.18. The Morgan fingerprint density at radius 1 is 0.259 bits per heavy atom. The summed E-state index contributed by atoms with van der Waals surface area (Å²) in [5, 5.41) is 0. The molecule has 0 amide bonds. The fourth-order valence-corrected chi connectivity index (χ4v) is 8.64. The second kappa shape index (κ2) is 67.5. The Labute approximate surface area is 499 Å². The monoisotopic (exact) mass is 1120 g/mol. The average Bonchev–Trinajstić information content (AvgIpc) is 3.46. The quantitative estimate of drug-likeness (QED) is 0.0261. The normalized spacial score (nSPS) is 13.2. The van der Waals surface area contributed by atoms with Gasteiger partial charge in [-0.25, -0.2) is 0 Å². The van der Waals surface area contributed by atoms with Crippen molar-refractivity contribution in [3.05, 3.63) is 158 Å². The molecule has 0 heterocycles. The number of allylic oxidation sites excluding steroid dienone is 26. The number of esters is 3. The van der Waals surface area contributed by atoms with E-state index in [1.165, 1.54) is 109 Å². The molecule has 0 aromatic rings. The lowest BCUT2D eigenvalue weighted by molar-refractivity contribution is -0.166. The minimum Gasteiger partial charge on any atom is -0.462 e. The van der Waals surface area contributed by atoms with Gasteiger partial charge in [0.1, 0.15) is 13.2 Å². The van der Waals surface area contributed by atoms with E-state index in [0.29, 0.717) is 19.3 Å². The summed E-state index contributed by atoms with van der Waals surface area (Å²) in [6, 6.07) is 0. The van der Waals surface area contributed by atoms with Crippen molar-refractivity contribution in [2.24, 2.45) is 0 Å². The molecule has 0 aromatic heterocycles. The molecule has 0 rings (SSSR count). The molecule has 1 atom stereocenters. The minimum atomic E-state index is -0.820. The fraction of sp³-hybridized carbons (Fsp3) is 0.613. The van der Waals surface area contributed by atoms with E-state index < -0.39 is 6.10 Å². The molecular weight excluding hydrogens is 997 g/mol. The van der Waals surface area contributed by atoms with E-state index in [1.807, 2.05) is 6.08 Å². The molecule has 0 aliphatic carbocycles. The molecule has 0 bridgehead atoms. The van der Waals surface area contributed by atoms with Crippen LogP contribution in [0, 0.1) is 0 Å². The maximum Gasteiger partial charge on any atom is 0.306 e. The van der Waals surface area contributed by atoms with Gasteiger partial charge in [-0.15, -0.1) is 0 Å². The number of ether oxygens (including phenoxy) is 3. The molecule has 0 N–H and O–H groups in total. The highest BCUT2D eigenvalue weighted by Crippen LogP contribution is 2.15. The summed E-state index contributed by atoms with van der Waals surface area (Å²) < 4.78 is 16.8. The van der Waals surface area contributed by atoms with Crippen LogP contribution >= 0.6 is 0 Å². The van der Waals surface area contributed by atoms with Crippen LogP contribution in [-0.2, 0) is 28.6 Å². The Morgan fingerprint density at radius 3 is 0.840 bits per heavy atom. The second-order valence-corrected chi connectivity index (χ2v) is 21.3. The van der Waals surface area contributed by atoms with Crippen LogP contribution in [0.1, 0.15) is 278 Å². The molecule has 0 radical (unpaired) electrons. The first-order valence-corrected chi connectivity index (χ1v) is 33.0. The fourth-order valence-electron chi connectivity index (χ4n) is 8.64. The first-order chi connectivity index (χ1) is 40.0. The molecule has 81 heavy (non-hydrogen) atoms. The van der Waals surface area contributed by atoms with Crippen LogP contribution in [0.25, 0.3) is 0 Å². The first-order valence-electron chi connectivity index (χ1n) is 33.0. The highest BCUT2D eigenvalue weighted by molar-refractivity contribution is 5.71. The second-order valence-electron chi connectivity index (χ2n) is 21.3. The van der Waals surface area contributed by atoms with Crippen LogP contribution in [-0.4, -0.2) is 37.2 Å². The SMILES string of the molecule is CC/C=C\C/C=C\C/C=C\C/C=C\C/C=C\C/C=C\C/C=C\C/C=C\CCCCCCCCCCC(=O)OCC(COC(=O)CC/C=C\C/C=C\C/C=C\C/C=C\CC)OC(=O)CCCCCCCCC/C=C\CCCCCCCC. The molecule has 0 saturated heterocycles. The smallest absolute Gasteiger partial charge is 0.306 e. The van der Waals surface area contributed by atoms with Gasteiger partial charge in [0.15, 0.2) is 6.10 Å². The zero-order chi connectivity index (χ0) is 58.5. The summed E-state index contributed by atoms with van der Waals surface area (Å²) in [4.78, 5) is 38.3. The van der Waals surface area contributed by atoms with E-state index in [4.69, 9.17) is 14.2 Å². The lowest BCUT2D eigenvalue weighted by atomic mass is 10.1. The van der Waals surface area contributed by atoms with Crippen LogP contribution in [0.4, 0.5) is 0 Å². The van der Waals surface area contributed by atoms with Gasteiger partial charge in [-0.2, -0.15) is 0 Å². The average molecular weight is 1120 g/mol. The zero-order valence-corrected chi connectivity index (χ0v) is 52.2. The third-order valence-electron chi connectivity index (χ3n) is 13.5. The van der Waals surface area contributed by atoms with Crippen molar-refractivity contribution in [2.45, 2.75) is 284 Å². The highest BCUT2D eigenvalue weighted by Gasteiger charge is 2.19. The summed E-state index contributed by atoms with van der Waals surface area (Å²) in [5.74, 6) is -1.01. The molecule has 0 aliphatic heterocycles. The topological polar surface area (TPSA) is 78.9 Å². The van der Waals surface area contributed by atoms with E-state index in [9.17, 15) is 14.4 Å². The summed E-state index contributed by atoms with van der Waals surface area (Å²) >= 11 is 0. The predicted octanol–water partition coefficient (Wildman–Crippen LogP) is 22.9. The number of carbonyl (C=O) groups is 3. The van der Waals surface area contributed by atoms with Crippen molar-refractivity contribution in [1.29, 1.82) is 0 Å². The van der Waals surface area contributed by atoms with Crippen LogP contribution in [0.5, 0.6) is 0 Å². The Kier molecular flexibility index (Phi) is 63.4. The molecule has 0 spiro atoms. The third kappa shape index (κ3) is 65.7. The van der Waals surface area contributed by atoms with Gasteiger partial charge in [0.25, 0.3) is 0 Å². The molecule has 0 fully saturated rings. The van der Waals surface area contributed by atoms with E-state index >= 15 is 0 Å². The van der Waals surface area contributed by atoms with Gasteiger partial charge < -0.3 is 14.2 Å².